The minimum Gasteiger partial charge on any atom is -0.455 e. The summed E-state index contributed by atoms with van der Waals surface area (Å²) in [6, 6.07) is 64.9. The summed E-state index contributed by atoms with van der Waals surface area (Å²) in [5.74, 6) is 0.857. The van der Waals surface area contributed by atoms with Crippen molar-refractivity contribution in [2.75, 3.05) is 0 Å². The third kappa shape index (κ3) is 5.03. The maximum Gasteiger partial charge on any atom is 0.143 e. The van der Waals surface area contributed by atoms with Crippen LogP contribution in [0.15, 0.2) is 197 Å². The molecule has 0 bridgehead atoms. The van der Waals surface area contributed by atoms with Crippen LogP contribution in [0.25, 0.3) is 86.4 Å². The lowest BCUT2D eigenvalue weighted by Crippen LogP contribution is -2.31. The van der Waals surface area contributed by atoms with Gasteiger partial charge in [-0.25, -0.2) is 4.99 Å². The fraction of sp³-hybridized carbons (Fsp3) is 0.0192. The Bertz CT molecular complexity index is 3440. The van der Waals surface area contributed by atoms with E-state index in [2.05, 4.69) is 192 Å². The minimum atomic E-state index is -0.0460. The number of hydrogen-bond donors (Lipinski definition) is 1. The van der Waals surface area contributed by atoms with Crippen molar-refractivity contribution in [2.45, 2.75) is 6.04 Å². The van der Waals surface area contributed by atoms with E-state index in [-0.39, 0.29) is 6.04 Å². The molecular weight excluding hydrogens is 715 g/mol. The van der Waals surface area contributed by atoms with Crippen LogP contribution in [0.5, 0.6) is 0 Å². The Morgan fingerprint density at radius 1 is 0.544 bits per heavy atom. The second-order valence-electron chi connectivity index (χ2n) is 14.7. The molecule has 0 radical (unpaired) electrons. The van der Waals surface area contributed by atoms with Crippen LogP contribution in [-0.2, 0) is 0 Å². The molecule has 5 heteroatoms. The van der Waals surface area contributed by atoms with Gasteiger partial charge in [-0.3, -0.25) is 0 Å². The van der Waals surface area contributed by atoms with Crippen LogP contribution in [0.2, 0.25) is 0 Å². The van der Waals surface area contributed by atoms with Crippen LogP contribution in [0, 0.1) is 0 Å². The predicted molar refractivity (Wildman–Crippen MR) is 240 cm³/mol. The maximum atomic E-state index is 6.67. The fourth-order valence-electron chi connectivity index (χ4n) is 8.88. The molecule has 1 aliphatic rings. The Hall–Kier alpha value is -7.21. The summed E-state index contributed by atoms with van der Waals surface area (Å²) in [5.41, 5.74) is 11.7. The van der Waals surface area contributed by atoms with E-state index >= 15 is 0 Å². The average molecular weight is 748 g/mol. The highest BCUT2D eigenvalue weighted by Crippen LogP contribution is 2.46. The first kappa shape index (κ1) is 32.1. The number of para-hydroxylation sites is 3. The van der Waals surface area contributed by atoms with E-state index in [9.17, 15) is 0 Å². The molecule has 4 heterocycles. The lowest BCUT2D eigenvalue weighted by molar-refractivity contribution is 0.670. The normalized spacial score (nSPS) is 14.5. The Balaban J connectivity index is 1.12. The van der Waals surface area contributed by atoms with Gasteiger partial charge in [0, 0.05) is 64.1 Å². The quantitative estimate of drug-likeness (QED) is 0.190. The highest BCUT2D eigenvalue weighted by Gasteiger charge is 2.25. The van der Waals surface area contributed by atoms with E-state index in [0.717, 1.165) is 77.8 Å². The van der Waals surface area contributed by atoms with Crippen molar-refractivity contribution >= 4 is 86.8 Å². The molecule has 0 saturated heterocycles. The molecule has 8 aromatic carbocycles. The van der Waals surface area contributed by atoms with Crippen LogP contribution < -0.4 is 5.32 Å². The molecule has 0 saturated carbocycles. The second kappa shape index (κ2) is 12.7. The molecule has 1 atom stereocenters. The molecule has 1 N–H and O–H groups in total. The first-order valence-corrected chi connectivity index (χ1v) is 20.1. The molecule has 11 aromatic rings. The summed E-state index contributed by atoms with van der Waals surface area (Å²) in [4.78, 5) is 5.35. The van der Waals surface area contributed by atoms with Gasteiger partial charge in [0.15, 0.2) is 0 Å². The standard InChI is InChI=1S/C52H33N3OS/c1-3-15-32(16-4-1)43-31-44(33-17-5-2-6-18-33)54-52(53-43)40-24-14-26-46-49(40)39-21-7-10-25-45(39)55(46)34-29-41-36-20-9-12-28-48(36)57-51(41)42(30-34)38-23-13-22-37-35-19-8-11-27-47(35)56-50(37)38/h1-31,43H,(H,53,54). The second-order valence-corrected chi connectivity index (χ2v) is 15.8. The third-order valence-electron chi connectivity index (χ3n) is 11.4. The van der Waals surface area contributed by atoms with Crippen LogP contribution in [0.1, 0.15) is 22.7 Å². The van der Waals surface area contributed by atoms with Gasteiger partial charge in [0.2, 0.25) is 0 Å². The molecule has 3 aromatic heterocycles. The number of fused-ring (bicyclic) bond motifs is 9. The highest BCUT2D eigenvalue weighted by molar-refractivity contribution is 7.26. The number of hydrogen-bond acceptors (Lipinski definition) is 4. The monoisotopic (exact) mass is 747 g/mol. The molecule has 268 valence electrons. The maximum absolute atomic E-state index is 6.67. The molecule has 0 spiro atoms. The molecule has 0 amide bonds. The summed E-state index contributed by atoms with van der Waals surface area (Å²) in [6.07, 6.45) is 2.24. The number of amidine groups is 1. The Kier molecular flexibility index (Phi) is 7.13. The van der Waals surface area contributed by atoms with E-state index in [4.69, 9.17) is 9.41 Å². The van der Waals surface area contributed by atoms with Crippen LogP contribution in [0.4, 0.5) is 0 Å². The van der Waals surface area contributed by atoms with Crippen molar-refractivity contribution in [3.63, 3.8) is 0 Å². The van der Waals surface area contributed by atoms with Crippen molar-refractivity contribution in [3.05, 3.63) is 205 Å². The number of furan rings is 1. The summed E-state index contributed by atoms with van der Waals surface area (Å²) in [7, 11) is 0. The lowest BCUT2D eigenvalue weighted by Gasteiger charge is -2.25. The Morgan fingerprint density at radius 3 is 2.11 bits per heavy atom. The Labute approximate surface area is 332 Å². The molecule has 57 heavy (non-hydrogen) atoms. The van der Waals surface area contributed by atoms with Crippen LogP contribution in [-0.4, -0.2) is 10.4 Å². The molecule has 1 unspecified atom stereocenters. The molecule has 4 nitrogen and oxygen atoms in total. The number of nitrogens with one attached hydrogen (secondary N) is 1. The van der Waals surface area contributed by atoms with E-state index in [1.807, 2.05) is 17.4 Å². The lowest BCUT2D eigenvalue weighted by atomic mass is 9.99. The molecule has 12 rings (SSSR count). The number of aliphatic imine (C=N–C) groups is 1. The van der Waals surface area contributed by atoms with Gasteiger partial charge in [-0.05, 0) is 53.6 Å². The number of rotatable bonds is 5. The van der Waals surface area contributed by atoms with Gasteiger partial charge in [0.1, 0.15) is 17.0 Å². The fourth-order valence-corrected chi connectivity index (χ4v) is 10.1. The van der Waals surface area contributed by atoms with Gasteiger partial charge in [-0.15, -0.1) is 11.3 Å². The summed E-state index contributed by atoms with van der Waals surface area (Å²) in [6.45, 7) is 0. The topological polar surface area (TPSA) is 42.5 Å². The van der Waals surface area contributed by atoms with Gasteiger partial charge in [0.05, 0.1) is 22.8 Å². The van der Waals surface area contributed by atoms with Gasteiger partial charge in [-0.2, -0.15) is 0 Å². The minimum absolute atomic E-state index is 0.0460. The molecule has 0 aliphatic carbocycles. The number of aromatic nitrogens is 1. The van der Waals surface area contributed by atoms with Gasteiger partial charge >= 0.3 is 0 Å². The van der Waals surface area contributed by atoms with Crippen molar-refractivity contribution in [2.24, 2.45) is 4.99 Å². The van der Waals surface area contributed by atoms with E-state index in [0.29, 0.717) is 0 Å². The molecule has 1 aliphatic heterocycles. The zero-order valence-corrected chi connectivity index (χ0v) is 31.5. The largest absolute Gasteiger partial charge is 0.455 e. The van der Waals surface area contributed by atoms with E-state index in [1.165, 1.54) is 31.1 Å². The van der Waals surface area contributed by atoms with E-state index < -0.39 is 0 Å². The van der Waals surface area contributed by atoms with Crippen molar-refractivity contribution in [3.8, 4) is 16.8 Å². The SMILES string of the molecule is C1=C(c2ccccc2)N=C(c2cccc3c2c2ccccc2n3-c2cc(-c3cccc4c3oc3ccccc34)c3sc4ccccc4c3c2)NC1c1ccccc1. The van der Waals surface area contributed by atoms with E-state index in [1.54, 1.807) is 0 Å². The van der Waals surface area contributed by atoms with Crippen molar-refractivity contribution < 1.29 is 4.42 Å². The average Bonchev–Trinajstić information content (AvgIpc) is 3.96. The first-order valence-electron chi connectivity index (χ1n) is 19.3. The third-order valence-corrected chi connectivity index (χ3v) is 12.7. The van der Waals surface area contributed by atoms with Gasteiger partial charge in [-0.1, -0.05) is 146 Å². The summed E-state index contributed by atoms with van der Waals surface area (Å²) in [5, 5.41) is 10.9. The van der Waals surface area contributed by atoms with Gasteiger partial charge < -0.3 is 14.3 Å². The molecular formula is C52H33N3OS. The zero-order chi connectivity index (χ0) is 37.5. The molecule has 0 fully saturated rings. The smallest absolute Gasteiger partial charge is 0.143 e. The van der Waals surface area contributed by atoms with Gasteiger partial charge in [0.25, 0.3) is 0 Å². The predicted octanol–water partition coefficient (Wildman–Crippen LogP) is 13.9. The number of thiophene rings is 1. The first-order chi connectivity index (χ1) is 28.3. The highest BCUT2D eigenvalue weighted by atomic mass is 32.1. The summed E-state index contributed by atoms with van der Waals surface area (Å²) < 4.78 is 11.6. The Morgan fingerprint density at radius 2 is 1.23 bits per heavy atom. The number of nitrogens with zero attached hydrogens (tertiary/aromatic N) is 2. The van der Waals surface area contributed by atoms with Crippen molar-refractivity contribution in [1.29, 1.82) is 0 Å². The zero-order valence-electron chi connectivity index (χ0n) is 30.7. The summed E-state index contributed by atoms with van der Waals surface area (Å²) >= 11 is 1.85. The van der Waals surface area contributed by atoms with Crippen molar-refractivity contribution in [1.82, 2.24) is 9.88 Å². The number of benzene rings is 8. The van der Waals surface area contributed by atoms with Crippen LogP contribution in [0.3, 0.4) is 0 Å². The van der Waals surface area contributed by atoms with Crippen LogP contribution >= 0.6 is 11.3 Å².